The first-order valence-electron chi connectivity index (χ1n) is 7.68. The van der Waals surface area contributed by atoms with Gasteiger partial charge in [-0.15, -0.1) is 0 Å². The van der Waals surface area contributed by atoms with E-state index in [0.717, 1.165) is 16.6 Å². The van der Waals surface area contributed by atoms with Crippen LogP contribution in [0.25, 0.3) is 17.1 Å². The standard InChI is InChI=1S/C18H14ClN3O3/c19-12-7-11(8-15-18(12)25-10-24-15)5-6-17(23)20-9-16-21-13-3-1-2-4-14(13)22-16/h1-8H,9-10H2,(H,20,23)(H,21,22)/b6-5+. The highest BCUT2D eigenvalue weighted by molar-refractivity contribution is 6.32. The largest absolute Gasteiger partial charge is 0.454 e. The number of carbonyl (C=O) groups excluding carboxylic acids is 1. The summed E-state index contributed by atoms with van der Waals surface area (Å²) in [5.74, 6) is 1.59. The van der Waals surface area contributed by atoms with Gasteiger partial charge in [0.05, 0.1) is 22.6 Å². The molecule has 2 N–H and O–H groups in total. The normalized spacial score (nSPS) is 12.8. The molecule has 0 atom stereocenters. The van der Waals surface area contributed by atoms with E-state index in [1.54, 1.807) is 18.2 Å². The minimum Gasteiger partial charge on any atom is -0.454 e. The van der Waals surface area contributed by atoms with Gasteiger partial charge in [0, 0.05) is 6.08 Å². The van der Waals surface area contributed by atoms with E-state index in [0.29, 0.717) is 28.9 Å². The Morgan fingerprint density at radius 1 is 1.32 bits per heavy atom. The quantitative estimate of drug-likeness (QED) is 0.704. The van der Waals surface area contributed by atoms with Crippen LogP contribution in [0, 0.1) is 0 Å². The maximum absolute atomic E-state index is 12.0. The van der Waals surface area contributed by atoms with Gasteiger partial charge in [-0.1, -0.05) is 23.7 Å². The molecule has 0 unspecified atom stereocenters. The average Bonchev–Trinajstić information content (AvgIpc) is 3.24. The van der Waals surface area contributed by atoms with E-state index in [1.165, 1.54) is 6.08 Å². The molecule has 2 heterocycles. The third-order valence-corrected chi connectivity index (χ3v) is 4.03. The SMILES string of the molecule is O=C(/C=C/c1cc(Cl)c2c(c1)OCO2)NCc1nc2ccccc2[nH]1. The molecular weight excluding hydrogens is 342 g/mol. The number of hydrogen-bond donors (Lipinski definition) is 2. The number of fused-ring (bicyclic) bond motifs is 2. The molecule has 7 heteroatoms. The van der Waals surface area contributed by atoms with Gasteiger partial charge in [0.2, 0.25) is 12.7 Å². The summed E-state index contributed by atoms with van der Waals surface area (Å²) < 4.78 is 10.6. The van der Waals surface area contributed by atoms with Crippen LogP contribution in [0.2, 0.25) is 5.02 Å². The molecular formula is C18H14ClN3O3. The van der Waals surface area contributed by atoms with Crippen LogP contribution < -0.4 is 14.8 Å². The second kappa shape index (κ2) is 6.49. The summed E-state index contributed by atoms with van der Waals surface area (Å²) in [4.78, 5) is 19.6. The Kier molecular flexibility index (Phi) is 4.03. The Labute approximate surface area is 148 Å². The Balaban J connectivity index is 1.40. The third kappa shape index (κ3) is 3.29. The van der Waals surface area contributed by atoms with E-state index in [4.69, 9.17) is 21.1 Å². The number of imidazole rings is 1. The lowest BCUT2D eigenvalue weighted by atomic mass is 10.2. The maximum atomic E-state index is 12.0. The number of halogens is 1. The first-order valence-corrected chi connectivity index (χ1v) is 8.05. The predicted molar refractivity (Wildman–Crippen MR) is 94.5 cm³/mol. The number of nitrogens with one attached hydrogen (secondary N) is 2. The molecule has 1 aromatic heterocycles. The van der Waals surface area contributed by atoms with E-state index >= 15 is 0 Å². The van der Waals surface area contributed by atoms with Gasteiger partial charge in [-0.3, -0.25) is 4.79 Å². The number of carbonyl (C=O) groups is 1. The van der Waals surface area contributed by atoms with Crippen LogP contribution in [0.3, 0.4) is 0 Å². The highest BCUT2D eigenvalue weighted by Gasteiger charge is 2.17. The van der Waals surface area contributed by atoms with Crippen molar-refractivity contribution in [2.24, 2.45) is 0 Å². The fourth-order valence-corrected chi connectivity index (χ4v) is 2.85. The molecule has 0 aliphatic carbocycles. The number of amides is 1. The van der Waals surface area contributed by atoms with Crippen molar-refractivity contribution in [3.05, 3.63) is 58.9 Å². The molecule has 0 saturated carbocycles. The van der Waals surface area contributed by atoms with Crippen molar-refractivity contribution in [2.75, 3.05) is 6.79 Å². The van der Waals surface area contributed by atoms with E-state index in [-0.39, 0.29) is 12.7 Å². The van der Waals surface area contributed by atoms with Crippen molar-refractivity contribution in [3.8, 4) is 11.5 Å². The number of hydrogen-bond acceptors (Lipinski definition) is 4. The number of nitrogens with zero attached hydrogens (tertiary/aromatic N) is 1. The smallest absolute Gasteiger partial charge is 0.244 e. The van der Waals surface area contributed by atoms with Gasteiger partial charge >= 0.3 is 0 Å². The van der Waals surface area contributed by atoms with E-state index in [9.17, 15) is 4.79 Å². The van der Waals surface area contributed by atoms with E-state index in [2.05, 4.69) is 15.3 Å². The van der Waals surface area contributed by atoms with Gasteiger partial charge in [-0.05, 0) is 35.9 Å². The van der Waals surface area contributed by atoms with Crippen LogP contribution in [0.4, 0.5) is 0 Å². The zero-order valence-corrected chi connectivity index (χ0v) is 13.8. The van der Waals surface area contributed by atoms with Crippen LogP contribution in [-0.4, -0.2) is 22.7 Å². The molecule has 25 heavy (non-hydrogen) atoms. The van der Waals surface area contributed by atoms with Gasteiger partial charge in [0.25, 0.3) is 0 Å². The molecule has 0 fully saturated rings. The summed E-state index contributed by atoms with van der Waals surface area (Å²) in [7, 11) is 0. The van der Waals surface area contributed by atoms with E-state index < -0.39 is 0 Å². The highest BCUT2D eigenvalue weighted by atomic mass is 35.5. The summed E-state index contributed by atoms with van der Waals surface area (Å²) in [6.45, 7) is 0.472. The van der Waals surface area contributed by atoms with Crippen LogP contribution in [0.15, 0.2) is 42.5 Å². The molecule has 126 valence electrons. The van der Waals surface area contributed by atoms with Gasteiger partial charge in [0.15, 0.2) is 11.5 Å². The molecule has 0 saturated heterocycles. The molecule has 0 radical (unpaired) electrons. The highest BCUT2D eigenvalue weighted by Crippen LogP contribution is 2.40. The Morgan fingerprint density at radius 2 is 2.20 bits per heavy atom. The van der Waals surface area contributed by atoms with Crippen LogP contribution >= 0.6 is 11.6 Å². The van der Waals surface area contributed by atoms with Crippen LogP contribution in [0.5, 0.6) is 11.5 Å². The Morgan fingerprint density at radius 3 is 3.08 bits per heavy atom. The van der Waals surface area contributed by atoms with Crippen molar-refractivity contribution in [1.82, 2.24) is 15.3 Å². The number of rotatable bonds is 4. The molecule has 3 aromatic rings. The first kappa shape index (κ1) is 15.5. The lowest BCUT2D eigenvalue weighted by molar-refractivity contribution is -0.116. The molecule has 0 spiro atoms. The molecule has 1 amide bonds. The number of H-pyrrole nitrogens is 1. The molecule has 1 aliphatic rings. The predicted octanol–water partition coefficient (Wildman–Crippen LogP) is 3.27. The minimum atomic E-state index is -0.228. The fraction of sp³-hybridized carbons (Fsp3) is 0.111. The third-order valence-electron chi connectivity index (χ3n) is 3.75. The van der Waals surface area contributed by atoms with Crippen molar-refractivity contribution in [2.45, 2.75) is 6.54 Å². The first-order chi connectivity index (χ1) is 12.2. The summed E-state index contributed by atoms with van der Waals surface area (Å²) in [6.07, 6.45) is 3.11. The van der Waals surface area contributed by atoms with Crippen molar-refractivity contribution in [3.63, 3.8) is 0 Å². The second-order valence-corrected chi connectivity index (χ2v) is 5.90. The zero-order valence-electron chi connectivity index (χ0n) is 13.1. The lowest BCUT2D eigenvalue weighted by Crippen LogP contribution is -2.20. The van der Waals surface area contributed by atoms with Crippen molar-refractivity contribution >= 4 is 34.6 Å². The summed E-state index contributed by atoms with van der Waals surface area (Å²) in [5.41, 5.74) is 2.57. The topological polar surface area (TPSA) is 76.2 Å². The van der Waals surface area contributed by atoms with Crippen LogP contribution in [-0.2, 0) is 11.3 Å². The van der Waals surface area contributed by atoms with Crippen molar-refractivity contribution < 1.29 is 14.3 Å². The molecule has 0 bridgehead atoms. The second-order valence-electron chi connectivity index (χ2n) is 5.49. The summed E-state index contributed by atoms with van der Waals surface area (Å²) >= 11 is 6.12. The van der Waals surface area contributed by atoms with Gasteiger partial charge in [-0.2, -0.15) is 0 Å². The number of aromatic amines is 1. The number of benzene rings is 2. The summed E-state index contributed by atoms with van der Waals surface area (Å²) in [6, 6.07) is 11.2. The maximum Gasteiger partial charge on any atom is 0.244 e. The Hall–Kier alpha value is -2.99. The molecule has 2 aromatic carbocycles. The van der Waals surface area contributed by atoms with Gasteiger partial charge in [-0.25, -0.2) is 4.98 Å². The summed E-state index contributed by atoms with van der Waals surface area (Å²) in [5, 5.41) is 3.24. The van der Waals surface area contributed by atoms with E-state index in [1.807, 2.05) is 24.3 Å². The molecule has 4 rings (SSSR count). The molecule has 1 aliphatic heterocycles. The number of para-hydroxylation sites is 2. The minimum absolute atomic E-state index is 0.153. The molecule has 6 nitrogen and oxygen atoms in total. The zero-order chi connectivity index (χ0) is 17.2. The van der Waals surface area contributed by atoms with Gasteiger partial charge < -0.3 is 19.8 Å². The van der Waals surface area contributed by atoms with Crippen LogP contribution in [0.1, 0.15) is 11.4 Å². The number of aromatic nitrogens is 2. The Bertz CT molecular complexity index is 948. The average molecular weight is 356 g/mol. The van der Waals surface area contributed by atoms with Crippen molar-refractivity contribution in [1.29, 1.82) is 0 Å². The van der Waals surface area contributed by atoms with Gasteiger partial charge in [0.1, 0.15) is 5.82 Å². The number of ether oxygens (including phenoxy) is 2. The monoisotopic (exact) mass is 355 g/mol. The fourth-order valence-electron chi connectivity index (χ4n) is 2.57. The lowest BCUT2D eigenvalue weighted by Gasteiger charge is -2.01.